The van der Waals surface area contributed by atoms with Gasteiger partial charge in [0.05, 0.1) is 0 Å². The van der Waals surface area contributed by atoms with Crippen LogP contribution in [0.4, 0.5) is 0 Å². The normalized spacial score (nSPS) is 10.3. The Morgan fingerprint density at radius 1 is 1.43 bits per heavy atom. The first-order chi connectivity index (χ1) is 3.27. The first-order valence-electron chi connectivity index (χ1n) is 3.00. The lowest BCUT2D eigenvalue weighted by molar-refractivity contribution is 0.584. The predicted octanol–water partition coefficient (Wildman–Crippen LogP) is 1.39. The van der Waals surface area contributed by atoms with Crippen molar-refractivity contribution in [1.82, 2.24) is 5.32 Å². The van der Waals surface area contributed by atoms with E-state index in [1.54, 1.807) is 0 Å². The number of hydrogen-bond donors (Lipinski definition) is 1. The van der Waals surface area contributed by atoms with Crippen molar-refractivity contribution < 1.29 is 0 Å². The van der Waals surface area contributed by atoms with Gasteiger partial charge in [0.25, 0.3) is 0 Å². The molecule has 0 radical (unpaired) electrons. The lowest BCUT2D eigenvalue weighted by Crippen LogP contribution is -2.22. The van der Waals surface area contributed by atoms with Crippen LogP contribution in [0.3, 0.4) is 0 Å². The Morgan fingerprint density at radius 3 is 2.14 bits per heavy atom. The summed E-state index contributed by atoms with van der Waals surface area (Å²) in [6, 6.07) is 0.653. The first-order valence-corrected chi connectivity index (χ1v) is 3.00. The Kier molecular flexibility index (Phi) is 4.10. The van der Waals surface area contributed by atoms with E-state index < -0.39 is 0 Å². The maximum absolute atomic E-state index is 3.30. The summed E-state index contributed by atoms with van der Waals surface area (Å²) in [6.45, 7) is 7.65. The van der Waals surface area contributed by atoms with Gasteiger partial charge in [0.1, 0.15) is 0 Å². The van der Waals surface area contributed by atoms with Crippen LogP contribution in [0.5, 0.6) is 0 Å². The molecule has 0 rings (SSSR count). The Morgan fingerprint density at radius 2 is 2.00 bits per heavy atom. The SMILES string of the molecule is CCCNC(C)C. The van der Waals surface area contributed by atoms with Crippen LogP contribution in [0.2, 0.25) is 0 Å². The van der Waals surface area contributed by atoms with E-state index in [1.807, 2.05) is 0 Å². The van der Waals surface area contributed by atoms with Crippen LogP contribution in [0.25, 0.3) is 0 Å². The van der Waals surface area contributed by atoms with Gasteiger partial charge in [-0.3, -0.25) is 0 Å². The predicted molar refractivity (Wildman–Crippen MR) is 33.4 cm³/mol. The zero-order valence-corrected chi connectivity index (χ0v) is 5.49. The molecule has 0 fully saturated rings. The van der Waals surface area contributed by atoms with Gasteiger partial charge in [-0.05, 0) is 13.0 Å². The zero-order valence-electron chi connectivity index (χ0n) is 5.49. The van der Waals surface area contributed by atoms with Crippen molar-refractivity contribution >= 4 is 0 Å². The van der Waals surface area contributed by atoms with Gasteiger partial charge in [-0.2, -0.15) is 0 Å². The third-order valence-electron chi connectivity index (χ3n) is 0.803. The second-order valence-electron chi connectivity index (χ2n) is 2.11. The van der Waals surface area contributed by atoms with Crippen LogP contribution >= 0.6 is 0 Å². The van der Waals surface area contributed by atoms with Crippen LogP contribution in [0.1, 0.15) is 27.2 Å². The largest absolute Gasteiger partial charge is 0.315 e. The molecular formula is C6H15N. The van der Waals surface area contributed by atoms with Crippen molar-refractivity contribution in [3.63, 3.8) is 0 Å². The maximum Gasteiger partial charge on any atom is 0.00103 e. The van der Waals surface area contributed by atoms with E-state index in [4.69, 9.17) is 0 Å². The van der Waals surface area contributed by atoms with Gasteiger partial charge in [0, 0.05) is 6.04 Å². The van der Waals surface area contributed by atoms with E-state index in [-0.39, 0.29) is 0 Å². The van der Waals surface area contributed by atoms with E-state index in [9.17, 15) is 0 Å². The summed E-state index contributed by atoms with van der Waals surface area (Å²) in [7, 11) is 0. The third kappa shape index (κ3) is 5.96. The van der Waals surface area contributed by atoms with Crippen LogP contribution in [0, 0.1) is 0 Å². The van der Waals surface area contributed by atoms with E-state index in [0.29, 0.717) is 6.04 Å². The highest BCUT2D eigenvalue weighted by Crippen LogP contribution is 1.76. The molecule has 0 saturated heterocycles. The lowest BCUT2D eigenvalue weighted by atomic mass is 10.4. The highest BCUT2D eigenvalue weighted by molar-refractivity contribution is 4.48. The second-order valence-corrected chi connectivity index (χ2v) is 2.11. The average Bonchev–Trinajstić information content (AvgIpc) is 1.61. The molecule has 0 amide bonds. The Labute approximate surface area is 46.1 Å². The van der Waals surface area contributed by atoms with Gasteiger partial charge in [-0.25, -0.2) is 0 Å². The van der Waals surface area contributed by atoms with Crippen molar-refractivity contribution in [2.45, 2.75) is 33.2 Å². The van der Waals surface area contributed by atoms with Crippen molar-refractivity contribution in [2.24, 2.45) is 0 Å². The highest BCUT2D eigenvalue weighted by atomic mass is 14.9. The fourth-order valence-corrected chi connectivity index (χ4v) is 0.433. The number of hydrogen-bond acceptors (Lipinski definition) is 1. The van der Waals surface area contributed by atoms with Gasteiger partial charge in [-0.1, -0.05) is 20.8 Å². The summed E-state index contributed by atoms with van der Waals surface area (Å²) in [4.78, 5) is 0. The summed E-state index contributed by atoms with van der Waals surface area (Å²) in [5.74, 6) is 0. The minimum atomic E-state index is 0.653. The van der Waals surface area contributed by atoms with E-state index >= 15 is 0 Å². The van der Waals surface area contributed by atoms with Gasteiger partial charge in [0.15, 0.2) is 0 Å². The molecule has 44 valence electrons. The Bertz CT molecular complexity index is 33.2. The standard InChI is InChI=1S/C6H15N/c1-4-5-7-6(2)3/h6-7H,4-5H2,1-3H3. The molecule has 0 aliphatic rings. The van der Waals surface area contributed by atoms with Gasteiger partial charge >= 0.3 is 0 Å². The molecule has 0 heterocycles. The van der Waals surface area contributed by atoms with Crippen LogP contribution in [-0.2, 0) is 0 Å². The molecule has 1 heteroatoms. The minimum absolute atomic E-state index is 0.653. The molecule has 0 aromatic rings. The van der Waals surface area contributed by atoms with E-state index in [2.05, 4.69) is 26.1 Å². The molecule has 0 aromatic carbocycles. The van der Waals surface area contributed by atoms with Crippen molar-refractivity contribution in [2.75, 3.05) is 6.54 Å². The van der Waals surface area contributed by atoms with Gasteiger partial charge < -0.3 is 5.32 Å². The van der Waals surface area contributed by atoms with Crippen molar-refractivity contribution in [3.8, 4) is 0 Å². The van der Waals surface area contributed by atoms with Crippen molar-refractivity contribution in [3.05, 3.63) is 0 Å². The second kappa shape index (κ2) is 4.13. The highest BCUT2D eigenvalue weighted by Gasteiger charge is 1.85. The lowest BCUT2D eigenvalue weighted by Gasteiger charge is -2.03. The minimum Gasteiger partial charge on any atom is -0.315 e. The van der Waals surface area contributed by atoms with E-state index in [0.717, 1.165) is 6.54 Å². The first kappa shape index (κ1) is 6.96. The summed E-state index contributed by atoms with van der Waals surface area (Å²) in [5, 5.41) is 3.30. The smallest absolute Gasteiger partial charge is 0.00103 e. The number of rotatable bonds is 3. The molecule has 0 atom stereocenters. The molecule has 0 aromatic heterocycles. The topological polar surface area (TPSA) is 12.0 Å². The molecule has 0 saturated carbocycles. The molecule has 0 aliphatic carbocycles. The molecule has 0 unspecified atom stereocenters. The summed E-state index contributed by atoms with van der Waals surface area (Å²) in [6.07, 6.45) is 1.23. The monoisotopic (exact) mass is 101 g/mol. The molecular weight excluding hydrogens is 86.1 g/mol. The van der Waals surface area contributed by atoms with E-state index in [1.165, 1.54) is 6.42 Å². The van der Waals surface area contributed by atoms with Crippen LogP contribution < -0.4 is 5.32 Å². The molecule has 0 bridgehead atoms. The number of nitrogens with one attached hydrogen (secondary N) is 1. The molecule has 1 nitrogen and oxygen atoms in total. The average molecular weight is 101 g/mol. The third-order valence-corrected chi connectivity index (χ3v) is 0.803. The maximum atomic E-state index is 3.30. The Balaban J connectivity index is 2.68. The summed E-state index contributed by atoms with van der Waals surface area (Å²) >= 11 is 0. The molecule has 1 N–H and O–H groups in total. The fraction of sp³-hybridized carbons (Fsp3) is 1.00. The molecule has 7 heavy (non-hydrogen) atoms. The van der Waals surface area contributed by atoms with Crippen LogP contribution in [0.15, 0.2) is 0 Å². The molecule has 0 aliphatic heterocycles. The zero-order chi connectivity index (χ0) is 5.70. The molecule has 0 spiro atoms. The van der Waals surface area contributed by atoms with Gasteiger partial charge in [-0.15, -0.1) is 0 Å². The van der Waals surface area contributed by atoms with Crippen molar-refractivity contribution in [1.29, 1.82) is 0 Å². The Hall–Kier alpha value is -0.0400. The quantitative estimate of drug-likeness (QED) is 0.566. The van der Waals surface area contributed by atoms with Gasteiger partial charge in [0.2, 0.25) is 0 Å². The van der Waals surface area contributed by atoms with Crippen LogP contribution in [-0.4, -0.2) is 12.6 Å². The summed E-state index contributed by atoms with van der Waals surface area (Å²) < 4.78 is 0. The summed E-state index contributed by atoms with van der Waals surface area (Å²) in [5.41, 5.74) is 0. The fourth-order valence-electron chi connectivity index (χ4n) is 0.433.